The topological polar surface area (TPSA) is 105 Å². The lowest BCUT2D eigenvalue weighted by molar-refractivity contribution is 0.102. The van der Waals surface area contributed by atoms with E-state index in [-0.39, 0.29) is 34.7 Å². The van der Waals surface area contributed by atoms with E-state index in [1.54, 1.807) is 19.1 Å². The Morgan fingerprint density at radius 1 is 1.11 bits per heavy atom. The number of nitrogens with one attached hydrogen (secondary N) is 1. The first kappa shape index (κ1) is 26.1. The van der Waals surface area contributed by atoms with Gasteiger partial charge in [0, 0.05) is 48.0 Å². The van der Waals surface area contributed by atoms with Gasteiger partial charge in [-0.1, -0.05) is 0 Å². The second-order valence-corrected chi connectivity index (χ2v) is 9.14. The van der Waals surface area contributed by atoms with Crippen LogP contribution < -0.4 is 25.0 Å². The minimum Gasteiger partial charge on any atom is -0.491 e. The second-order valence-electron chi connectivity index (χ2n) is 8.35. The summed E-state index contributed by atoms with van der Waals surface area (Å²) < 4.78 is 33.4. The third kappa shape index (κ3) is 5.12. The lowest BCUT2D eigenvalue weighted by Crippen LogP contribution is -2.26. The quantitative estimate of drug-likeness (QED) is 0.306. The Kier molecular flexibility index (Phi) is 7.44. The lowest BCUT2D eigenvalue weighted by Gasteiger charge is -2.17. The standard InChI is InChI=1S/C26H24BrFN4O5/c1-13(2)32-12-16(24(33)22(27)14(32)3)25(34)30-15-6-7-19(17(28)10-15)37-20-8-9-29-18-11-21(35-4)26(36-5)31-23(18)20/h6-13H,1-5H3,(H,30,34). The third-order valence-electron chi connectivity index (χ3n) is 5.65. The number of anilines is 1. The van der Waals surface area contributed by atoms with Crippen LogP contribution in [0.5, 0.6) is 23.1 Å². The summed E-state index contributed by atoms with van der Waals surface area (Å²) in [6, 6.07) is 7.16. The van der Waals surface area contributed by atoms with E-state index in [4.69, 9.17) is 14.2 Å². The number of carbonyl (C=O) groups excluding carboxylic acids is 1. The van der Waals surface area contributed by atoms with Crippen LogP contribution in [-0.4, -0.2) is 34.7 Å². The van der Waals surface area contributed by atoms with Gasteiger partial charge in [-0.2, -0.15) is 0 Å². The SMILES string of the molecule is COc1cc2nccc(Oc3ccc(NC(=O)c4cn(C(C)C)c(C)c(Br)c4=O)cc3F)c2nc1OC. The zero-order chi connectivity index (χ0) is 26.9. The van der Waals surface area contributed by atoms with Crippen molar-refractivity contribution < 1.29 is 23.4 Å². The van der Waals surface area contributed by atoms with E-state index in [0.717, 1.165) is 6.07 Å². The van der Waals surface area contributed by atoms with Gasteiger partial charge in [-0.15, -0.1) is 0 Å². The fourth-order valence-electron chi connectivity index (χ4n) is 3.75. The normalized spacial score (nSPS) is 11.0. The molecule has 11 heteroatoms. The first-order chi connectivity index (χ1) is 17.6. The summed E-state index contributed by atoms with van der Waals surface area (Å²) in [4.78, 5) is 34.2. The van der Waals surface area contributed by atoms with Crippen LogP contribution in [0.2, 0.25) is 0 Å². The molecule has 0 aliphatic carbocycles. The number of aromatic nitrogens is 3. The fraction of sp³-hybridized carbons (Fsp3) is 0.231. The Labute approximate surface area is 220 Å². The van der Waals surface area contributed by atoms with Crippen molar-refractivity contribution >= 4 is 38.6 Å². The Bertz CT molecular complexity index is 1570. The average Bonchev–Trinajstić information content (AvgIpc) is 2.88. The van der Waals surface area contributed by atoms with Gasteiger partial charge >= 0.3 is 0 Å². The van der Waals surface area contributed by atoms with Gasteiger partial charge in [0.25, 0.3) is 11.8 Å². The van der Waals surface area contributed by atoms with Crippen molar-refractivity contribution in [2.24, 2.45) is 0 Å². The molecule has 4 rings (SSSR count). The highest BCUT2D eigenvalue weighted by atomic mass is 79.9. The van der Waals surface area contributed by atoms with Crippen LogP contribution >= 0.6 is 15.9 Å². The van der Waals surface area contributed by atoms with Crippen molar-refractivity contribution in [1.29, 1.82) is 0 Å². The maximum atomic E-state index is 15.0. The molecule has 37 heavy (non-hydrogen) atoms. The molecule has 4 aromatic rings. The summed E-state index contributed by atoms with van der Waals surface area (Å²) in [7, 11) is 2.94. The number of fused-ring (bicyclic) bond motifs is 1. The van der Waals surface area contributed by atoms with Gasteiger partial charge in [0.15, 0.2) is 23.1 Å². The number of halogens is 2. The van der Waals surface area contributed by atoms with Crippen molar-refractivity contribution in [1.82, 2.24) is 14.5 Å². The van der Waals surface area contributed by atoms with Gasteiger partial charge in [0.05, 0.1) is 24.2 Å². The van der Waals surface area contributed by atoms with E-state index in [2.05, 4.69) is 31.2 Å². The van der Waals surface area contributed by atoms with Crippen molar-refractivity contribution in [2.75, 3.05) is 19.5 Å². The fourth-order valence-corrected chi connectivity index (χ4v) is 4.17. The molecule has 1 amide bonds. The molecule has 0 bridgehead atoms. The van der Waals surface area contributed by atoms with E-state index in [9.17, 15) is 14.0 Å². The maximum absolute atomic E-state index is 15.0. The molecule has 3 aromatic heterocycles. The van der Waals surface area contributed by atoms with E-state index in [1.807, 2.05) is 18.4 Å². The molecular weight excluding hydrogens is 547 g/mol. The Hall–Kier alpha value is -3.99. The van der Waals surface area contributed by atoms with Crippen LogP contribution in [0.15, 0.2) is 52.0 Å². The summed E-state index contributed by atoms with van der Waals surface area (Å²) in [6.07, 6.45) is 3.00. The maximum Gasteiger partial charge on any atom is 0.261 e. The van der Waals surface area contributed by atoms with Gasteiger partial charge in [-0.3, -0.25) is 14.6 Å². The Balaban J connectivity index is 1.61. The van der Waals surface area contributed by atoms with Crippen molar-refractivity contribution in [3.05, 3.63) is 74.5 Å². The van der Waals surface area contributed by atoms with Crippen LogP contribution in [0.4, 0.5) is 10.1 Å². The number of hydrogen-bond donors (Lipinski definition) is 1. The zero-order valence-electron chi connectivity index (χ0n) is 20.8. The smallest absolute Gasteiger partial charge is 0.261 e. The number of ether oxygens (including phenoxy) is 3. The first-order valence-corrected chi connectivity index (χ1v) is 12.0. The Morgan fingerprint density at radius 2 is 1.86 bits per heavy atom. The van der Waals surface area contributed by atoms with Gasteiger partial charge in [-0.25, -0.2) is 9.37 Å². The number of methoxy groups -OCH3 is 2. The number of rotatable bonds is 7. The van der Waals surface area contributed by atoms with Crippen LogP contribution in [0.3, 0.4) is 0 Å². The van der Waals surface area contributed by atoms with E-state index < -0.39 is 17.2 Å². The molecule has 0 aliphatic heterocycles. The highest BCUT2D eigenvalue weighted by molar-refractivity contribution is 9.10. The predicted molar refractivity (Wildman–Crippen MR) is 141 cm³/mol. The third-order valence-corrected chi connectivity index (χ3v) is 6.58. The molecule has 0 unspecified atom stereocenters. The summed E-state index contributed by atoms with van der Waals surface area (Å²) in [5.74, 6) is -0.605. The van der Waals surface area contributed by atoms with Gasteiger partial charge in [-0.05, 0) is 48.8 Å². The number of benzene rings is 1. The van der Waals surface area contributed by atoms with Crippen molar-refractivity contribution in [2.45, 2.75) is 26.8 Å². The van der Waals surface area contributed by atoms with E-state index in [1.165, 1.54) is 38.7 Å². The second kappa shape index (κ2) is 10.6. The highest BCUT2D eigenvalue weighted by Gasteiger charge is 2.19. The molecular formula is C26H24BrFN4O5. The van der Waals surface area contributed by atoms with Crippen molar-refractivity contribution in [3.8, 4) is 23.1 Å². The van der Waals surface area contributed by atoms with Crippen molar-refractivity contribution in [3.63, 3.8) is 0 Å². The van der Waals surface area contributed by atoms with Crippen LogP contribution in [0.1, 0.15) is 35.9 Å². The number of nitrogens with zero attached hydrogens (tertiary/aromatic N) is 3. The molecule has 1 aromatic carbocycles. The summed E-state index contributed by atoms with van der Waals surface area (Å²) in [5, 5.41) is 2.58. The summed E-state index contributed by atoms with van der Waals surface area (Å²) >= 11 is 3.28. The molecule has 0 spiro atoms. The van der Waals surface area contributed by atoms with Gasteiger partial charge in [0.2, 0.25) is 5.43 Å². The average molecular weight is 571 g/mol. The minimum absolute atomic E-state index is 0.0251. The first-order valence-electron chi connectivity index (χ1n) is 11.2. The van der Waals surface area contributed by atoms with E-state index >= 15 is 0 Å². The van der Waals surface area contributed by atoms with Gasteiger partial charge < -0.3 is 24.1 Å². The summed E-state index contributed by atoms with van der Waals surface area (Å²) in [6.45, 7) is 5.66. The molecule has 0 saturated carbocycles. The number of carbonyl (C=O) groups is 1. The summed E-state index contributed by atoms with van der Waals surface area (Å²) in [5.41, 5.74) is 1.17. The largest absolute Gasteiger partial charge is 0.491 e. The molecule has 0 fully saturated rings. The van der Waals surface area contributed by atoms with Crippen LogP contribution in [0.25, 0.3) is 11.0 Å². The predicted octanol–water partition coefficient (Wildman–Crippen LogP) is 5.64. The van der Waals surface area contributed by atoms with E-state index in [0.29, 0.717) is 26.9 Å². The van der Waals surface area contributed by atoms with Gasteiger partial charge in [0.1, 0.15) is 11.1 Å². The number of amides is 1. The zero-order valence-corrected chi connectivity index (χ0v) is 22.3. The molecule has 0 radical (unpaired) electrons. The highest BCUT2D eigenvalue weighted by Crippen LogP contribution is 2.35. The number of pyridine rings is 3. The monoisotopic (exact) mass is 570 g/mol. The molecule has 0 saturated heterocycles. The lowest BCUT2D eigenvalue weighted by atomic mass is 10.2. The minimum atomic E-state index is -0.729. The van der Waals surface area contributed by atoms with Crippen LogP contribution in [-0.2, 0) is 0 Å². The van der Waals surface area contributed by atoms with Crippen LogP contribution in [0, 0.1) is 12.7 Å². The number of hydrogen-bond acceptors (Lipinski definition) is 7. The molecule has 3 heterocycles. The molecule has 0 aliphatic rings. The molecule has 1 N–H and O–H groups in total. The molecule has 192 valence electrons. The molecule has 9 nitrogen and oxygen atoms in total. The Morgan fingerprint density at radius 3 is 2.51 bits per heavy atom. The molecule has 0 atom stereocenters.